The number of hydrogen-bond donors (Lipinski definition) is 1. The van der Waals surface area contributed by atoms with Gasteiger partial charge < -0.3 is 15.0 Å². The van der Waals surface area contributed by atoms with Crippen LogP contribution in [0.25, 0.3) is 0 Å². The van der Waals surface area contributed by atoms with Crippen molar-refractivity contribution in [2.45, 2.75) is 6.10 Å². The molecule has 2 amide bonds. The average Bonchev–Trinajstić information content (AvgIpc) is 2.58. The van der Waals surface area contributed by atoms with Crippen molar-refractivity contribution in [3.63, 3.8) is 0 Å². The highest BCUT2D eigenvalue weighted by molar-refractivity contribution is 6.42. The lowest BCUT2D eigenvalue weighted by atomic mass is 10.1. The van der Waals surface area contributed by atoms with E-state index in [1.165, 1.54) is 0 Å². The molecule has 1 fully saturated rings. The number of urea groups is 1. The summed E-state index contributed by atoms with van der Waals surface area (Å²) in [6.07, 6.45) is -0.208. The molecule has 0 aliphatic carbocycles. The van der Waals surface area contributed by atoms with Crippen molar-refractivity contribution < 1.29 is 9.53 Å². The molecular weight excluding hydrogens is 335 g/mol. The third-order valence-corrected chi connectivity index (χ3v) is 4.43. The minimum Gasteiger partial charge on any atom is -0.370 e. The maximum atomic E-state index is 12.4. The van der Waals surface area contributed by atoms with E-state index in [4.69, 9.17) is 27.9 Å². The molecule has 1 saturated heterocycles. The molecule has 6 heteroatoms. The topological polar surface area (TPSA) is 41.6 Å². The molecule has 3 rings (SSSR count). The van der Waals surface area contributed by atoms with Gasteiger partial charge in [-0.3, -0.25) is 0 Å². The van der Waals surface area contributed by atoms with Gasteiger partial charge in [-0.25, -0.2) is 4.79 Å². The summed E-state index contributed by atoms with van der Waals surface area (Å²) in [6, 6.07) is 14.6. The fraction of sp³-hybridized carbons (Fsp3) is 0.235. The zero-order chi connectivity index (χ0) is 16.2. The first-order chi connectivity index (χ1) is 11.1. The average molecular weight is 351 g/mol. The summed E-state index contributed by atoms with van der Waals surface area (Å²) in [5, 5.41) is 3.88. The molecule has 1 aliphatic rings. The van der Waals surface area contributed by atoms with Crippen molar-refractivity contribution >= 4 is 34.9 Å². The van der Waals surface area contributed by atoms with Gasteiger partial charge in [-0.1, -0.05) is 47.5 Å². The lowest BCUT2D eigenvalue weighted by molar-refractivity contribution is -0.0135. The number of hydrogen-bond acceptors (Lipinski definition) is 2. The minimum absolute atomic E-state index is 0.135. The molecule has 0 aromatic heterocycles. The van der Waals surface area contributed by atoms with Gasteiger partial charge in [0.05, 0.1) is 23.2 Å². The summed E-state index contributed by atoms with van der Waals surface area (Å²) in [6.45, 7) is 1.50. The molecule has 23 heavy (non-hydrogen) atoms. The Kier molecular flexibility index (Phi) is 5.06. The Morgan fingerprint density at radius 2 is 1.91 bits per heavy atom. The third-order valence-electron chi connectivity index (χ3n) is 3.69. The number of para-hydroxylation sites is 1. The normalized spacial score (nSPS) is 17.8. The van der Waals surface area contributed by atoms with Crippen LogP contribution in [0, 0.1) is 0 Å². The van der Waals surface area contributed by atoms with Gasteiger partial charge in [0.2, 0.25) is 0 Å². The Morgan fingerprint density at radius 3 is 2.65 bits per heavy atom. The summed E-state index contributed by atoms with van der Waals surface area (Å²) in [7, 11) is 0. The summed E-state index contributed by atoms with van der Waals surface area (Å²) >= 11 is 12.0. The molecule has 1 N–H and O–H groups in total. The van der Waals surface area contributed by atoms with Crippen molar-refractivity contribution in [2.24, 2.45) is 0 Å². The molecule has 0 bridgehead atoms. The van der Waals surface area contributed by atoms with E-state index in [-0.39, 0.29) is 12.1 Å². The second-order valence-corrected chi connectivity index (χ2v) is 6.09. The molecule has 1 unspecified atom stereocenters. The van der Waals surface area contributed by atoms with Crippen LogP contribution in [0.1, 0.15) is 11.7 Å². The summed E-state index contributed by atoms with van der Waals surface area (Å²) < 4.78 is 5.77. The van der Waals surface area contributed by atoms with Crippen molar-refractivity contribution in [1.29, 1.82) is 0 Å². The van der Waals surface area contributed by atoms with E-state index >= 15 is 0 Å². The molecule has 4 nitrogen and oxygen atoms in total. The number of anilines is 1. The zero-order valence-electron chi connectivity index (χ0n) is 12.3. The maximum absolute atomic E-state index is 12.4. The molecule has 1 heterocycles. The van der Waals surface area contributed by atoms with E-state index in [1.807, 2.05) is 36.4 Å². The van der Waals surface area contributed by atoms with Crippen LogP contribution < -0.4 is 5.32 Å². The first-order valence-corrected chi connectivity index (χ1v) is 8.06. The number of halogens is 2. The molecule has 120 valence electrons. The fourth-order valence-electron chi connectivity index (χ4n) is 2.47. The predicted octanol–water partition coefficient (Wildman–Crippen LogP) is 4.60. The number of carbonyl (C=O) groups is 1. The quantitative estimate of drug-likeness (QED) is 0.859. The second-order valence-electron chi connectivity index (χ2n) is 5.28. The van der Waals surface area contributed by atoms with Crippen molar-refractivity contribution in [2.75, 3.05) is 25.0 Å². The first kappa shape index (κ1) is 16.1. The van der Waals surface area contributed by atoms with E-state index in [0.717, 1.165) is 11.3 Å². The number of morpholine rings is 1. The molecule has 2 aromatic carbocycles. The second kappa shape index (κ2) is 7.21. The highest BCUT2D eigenvalue weighted by Crippen LogP contribution is 2.29. The molecule has 1 aliphatic heterocycles. The van der Waals surface area contributed by atoms with Gasteiger partial charge in [0.1, 0.15) is 6.10 Å². The SMILES string of the molecule is O=C(Nc1ccccc1)N1CCOC(c2ccc(Cl)c(Cl)c2)C1. The lowest BCUT2D eigenvalue weighted by Gasteiger charge is -2.33. The smallest absolute Gasteiger partial charge is 0.322 e. The van der Waals surface area contributed by atoms with Gasteiger partial charge in [0, 0.05) is 12.2 Å². The molecule has 0 radical (unpaired) electrons. The van der Waals surface area contributed by atoms with Gasteiger partial charge in [-0.05, 0) is 29.8 Å². The predicted molar refractivity (Wildman–Crippen MR) is 92.2 cm³/mol. The number of ether oxygens (including phenoxy) is 1. The number of carbonyl (C=O) groups excluding carboxylic acids is 1. The van der Waals surface area contributed by atoms with Crippen LogP contribution in [0.15, 0.2) is 48.5 Å². The first-order valence-electron chi connectivity index (χ1n) is 7.31. The van der Waals surface area contributed by atoms with E-state index < -0.39 is 0 Å². The number of amides is 2. The van der Waals surface area contributed by atoms with Crippen molar-refractivity contribution in [3.8, 4) is 0 Å². The Balaban J connectivity index is 1.68. The van der Waals surface area contributed by atoms with Crippen LogP contribution in [0.4, 0.5) is 10.5 Å². The van der Waals surface area contributed by atoms with Crippen LogP contribution in [-0.2, 0) is 4.74 Å². The van der Waals surface area contributed by atoms with E-state index in [1.54, 1.807) is 17.0 Å². The van der Waals surface area contributed by atoms with Gasteiger partial charge in [-0.2, -0.15) is 0 Å². The summed E-state index contributed by atoms with van der Waals surface area (Å²) in [5.41, 5.74) is 1.69. The third kappa shape index (κ3) is 3.96. The van der Waals surface area contributed by atoms with Crippen molar-refractivity contribution in [1.82, 2.24) is 4.90 Å². The van der Waals surface area contributed by atoms with E-state index in [9.17, 15) is 4.79 Å². The Bertz CT molecular complexity index is 694. The lowest BCUT2D eigenvalue weighted by Crippen LogP contribution is -2.44. The minimum atomic E-state index is -0.208. The molecule has 0 spiro atoms. The standard InChI is InChI=1S/C17H16Cl2N2O2/c18-14-7-6-12(10-15(14)19)16-11-21(8-9-23-16)17(22)20-13-4-2-1-3-5-13/h1-7,10,16H,8-9,11H2,(H,20,22). The summed E-state index contributed by atoms with van der Waals surface area (Å²) in [4.78, 5) is 14.1. The van der Waals surface area contributed by atoms with Crippen LogP contribution in [0.3, 0.4) is 0 Å². The van der Waals surface area contributed by atoms with Gasteiger partial charge in [0.15, 0.2) is 0 Å². The number of benzene rings is 2. The van der Waals surface area contributed by atoms with Crippen LogP contribution in [0.5, 0.6) is 0 Å². The number of nitrogens with one attached hydrogen (secondary N) is 1. The molecule has 0 saturated carbocycles. The van der Waals surface area contributed by atoms with Gasteiger partial charge >= 0.3 is 6.03 Å². The van der Waals surface area contributed by atoms with Gasteiger partial charge in [-0.15, -0.1) is 0 Å². The summed E-state index contributed by atoms with van der Waals surface area (Å²) in [5.74, 6) is 0. The van der Waals surface area contributed by atoms with Crippen LogP contribution in [-0.4, -0.2) is 30.6 Å². The van der Waals surface area contributed by atoms with E-state index in [2.05, 4.69) is 5.32 Å². The molecular formula is C17H16Cl2N2O2. The number of rotatable bonds is 2. The largest absolute Gasteiger partial charge is 0.370 e. The molecule has 2 aromatic rings. The van der Waals surface area contributed by atoms with Crippen LogP contribution >= 0.6 is 23.2 Å². The highest BCUT2D eigenvalue weighted by atomic mass is 35.5. The van der Waals surface area contributed by atoms with Crippen LogP contribution in [0.2, 0.25) is 10.0 Å². The van der Waals surface area contributed by atoms with E-state index in [0.29, 0.717) is 29.7 Å². The van der Waals surface area contributed by atoms with Gasteiger partial charge in [0.25, 0.3) is 0 Å². The molecule has 1 atom stereocenters. The van der Waals surface area contributed by atoms with Crippen molar-refractivity contribution in [3.05, 3.63) is 64.1 Å². The Morgan fingerprint density at radius 1 is 1.13 bits per heavy atom. The maximum Gasteiger partial charge on any atom is 0.322 e. The monoisotopic (exact) mass is 350 g/mol. The number of nitrogens with zero attached hydrogens (tertiary/aromatic N) is 1. The fourth-order valence-corrected chi connectivity index (χ4v) is 2.78. The Labute approximate surface area is 144 Å². The Hall–Kier alpha value is -1.75. The highest BCUT2D eigenvalue weighted by Gasteiger charge is 2.25. The zero-order valence-corrected chi connectivity index (χ0v) is 13.8.